The van der Waals surface area contributed by atoms with Crippen molar-refractivity contribution in [3.05, 3.63) is 0 Å². The van der Waals surface area contributed by atoms with Gasteiger partial charge in [0.1, 0.15) is 16.7 Å². The third-order valence-electron chi connectivity index (χ3n) is 3.31. The van der Waals surface area contributed by atoms with Crippen molar-refractivity contribution in [2.75, 3.05) is 5.75 Å². The molecule has 6 heteroatoms. The van der Waals surface area contributed by atoms with Crippen molar-refractivity contribution >= 4 is 23.8 Å². The van der Waals surface area contributed by atoms with Gasteiger partial charge in [-0.05, 0) is 48.0 Å². The molecule has 120 valence electrons. The molecule has 0 aromatic carbocycles. The van der Waals surface area contributed by atoms with Crippen LogP contribution < -0.4 is 5.32 Å². The van der Waals surface area contributed by atoms with Crippen LogP contribution in [0.3, 0.4) is 0 Å². The number of thioether (sulfide) groups is 1. The number of rotatable bonds is 3. The first-order valence-electron chi connectivity index (χ1n) is 7.29. The Hall–Kier alpha value is -0.910. The Morgan fingerprint density at radius 1 is 1.10 bits per heavy atom. The van der Waals surface area contributed by atoms with Crippen LogP contribution in [0.4, 0.5) is 4.79 Å². The molecule has 0 aromatic heterocycles. The van der Waals surface area contributed by atoms with Crippen LogP contribution in [0.5, 0.6) is 0 Å². The zero-order valence-corrected chi connectivity index (χ0v) is 14.4. The Labute approximate surface area is 130 Å². The predicted molar refractivity (Wildman–Crippen MR) is 82.3 cm³/mol. The zero-order valence-electron chi connectivity index (χ0n) is 13.6. The van der Waals surface area contributed by atoms with E-state index >= 15 is 0 Å². The topological polar surface area (TPSA) is 64.6 Å². The lowest BCUT2D eigenvalue weighted by Gasteiger charge is -2.27. The van der Waals surface area contributed by atoms with Crippen LogP contribution in [0.25, 0.3) is 0 Å². The summed E-state index contributed by atoms with van der Waals surface area (Å²) < 4.78 is 10.8. The summed E-state index contributed by atoms with van der Waals surface area (Å²) in [5, 5.41) is 3.22. The van der Waals surface area contributed by atoms with Crippen molar-refractivity contribution in [3.8, 4) is 0 Å². The molecular weight excluding hydrogens is 290 g/mol. The Kier molecular flexibility index (Phi) is 3.98. The zero-order chi connectivity index (χ0) is 16.1. The highest BCUT2D eigenvalue weighted by Gasteiger charge is 2.68. The fourth-order valence-corrected chi connectivity index (χ4v) is 3.21. The average molecular weight is 315 g/mol. The summed E-state index contributed by atoms with van der Waals surface area (Å²) in [6, 6.07) is 0. The molecule has 3 atom stereocenters. The molecule has 2 rings (SSSR count). The van der Waals surface area contributed by atoms with Crippen LogP contribution in [0, 0.1) is 5.92 Å². The minimum absolute atomic E-state index is 0.157. The number of nitrogens with one attached hydrogen (secondary N) is 1. The Bertz CT molecular complexity index is 448. The highest BCUT2D eigenvalue weighted by Crippen LogP contribution is 2.56. The molecule has 0 radical (unpaired) electrons. The smallest absolute Gasteiger partial charge is 0.408 e. The van der Waals surface area contributed by atoms with E-state index in [-0.39, 0.29) is 11.9 Å². The monoisotopic (exact) mass is 315 g/mol. The molecule has 1 saturated heterocycles. The number of hydrogen-bond acceptors (Lipinski definition) is 5. The lowest BCUT2D eigenvalue weighted by atomic mass is 10.1. The highest BCUT2D eigenvalue weighted by atomic mass is 32.2. The standard InChI is InChI=1S/C15H25NO4S/c1-13(2,3)19-11(17)15(7-9(15)10-8-21-10)16-12(18)20-14(4,5)6/h9-10H,7-8H2,1-6H3,(H,16,18)/t9-,10?,15?/m0/s1. The quantitative estimate of drug-likeness (QED) is 0.641. The Morgan fingerprint density at radius 3 is 2.05 bits per heavy atom. The summed E-state index contributed by atoms with van der Waals surface area (Å²) in [5.41, 5.74) is -2.05. The fourth-order valence-electron chi connectivity index (χ4n) is 2.31. The van der Waals surface area contributed by atoms with Crippen molar-refractivity contribution in [1.82, 2.24) is 5.32 Å². The van der Waals surface area contributed by atoms with Crippen molar-refractivity contribution in [2.45, 2.75) is 70.0 Å². The van der Waals surface area contributed by atoms with Crippen molar-refractivity contribution in [3.63, 3.8) is 0 Å². The van der Waals surface area contributed by atoms with Gasteiger partial charge in [-0.3, -0.25) is 0 Å². The highest BCUT2D eigenvalue weighted by molar-refractivity contribution is 8.06. The van der Waals surface area contributed by atoms with Gasteiger partial charge in [0.15, 0.2) is 0 Å². The molecule has 1 heterocycles. The van der Waals surface area contributed by atoms with Crippen LogP contribution in [0.1, 0.15) is 48.0 Å². The molecule has 1 N–H and O–H groups in total. The minimum atomic E-state index is -0.899. The van der Waals surface area contributed by atoms with E-state index in [0.29, 0.717) is 11.7 Å². The number of carbonyl (C=O) groups is 2. The summed E-state index contributed by atoms with van der Waals surface area (Å²) in [7, 11) is 0. The maximum Gasteiger partial charge on any atom is 0.408 e. The summed E-state index contributed by atoms with van der Waals surface area (Å²) in [5.74, 6) is 0.855. The van der Waals surface area contributed by atoms with E-state index in [1.165, 1.54) is 0 Å². The lowest BCUT2D eigenvalue weighted by Crippen LogP contribution is -2.49. The molecule has 21 heavy (non-hydrogen) atoms. The first-order valence-corrected chi connectivity index (χ1v) is 8.34. The number of alkyl carbamates (subject to hydrolysis) is 1. The van der Waals surface area contributed by atoms with Crippen LogP contribution in [-0.2, 0) is 14.3 Å². The van der Waals surface area contributed by atoms with Crippen molar-refractivity contribution < 1.29 is 19.1 Å². The van der Waals surface area contributed by atoms with Crippen LogP contribution in [0.2, 0.25) is 0 Å². The van der Waals surface area contributed by atoms with Crippen LogP contribution in [0.15, 0.2) is 0 Å². The van der Waals surface area contributed by atoms with E-state index in [0.717, 1.165) is 5.75 Å². The second-order valence-corrected chi connectivity index (χ2v) is 9.05. The molecule has 0 bridgehead atoms. The molecule has 5 nitrogen and oxygen atoms in total. The van der Waals surface area contributed by atoms with Gasteiger partial charge >= 0.3 is 12.1 Å². The maximum absolute atomic E-state index is 12.5. The van der Waals surface area contributed by atoms with E-state index in [1.54, 1.807) is 20.8 Å². The lowest BCUT2D eigenvalue weighted by molar-refractivity contribution is -0.159. The molecule has 2 aliphatic rings. The van der Waals surface area contributed by atoms with Gasteiger partial charge < -0.3 is 14.8 Å². The number of ether oxygens (including phenoxy) is 2. The summed E-state index contributed by atoms with van der Waals surface area (Å²) in [4.78, 5) is 24.5. The molecular formula is C15H25NO4S. The third-order valence-corrected chi connectivity index (χ3v) is 4.36. The minimum Gasteiger partial charge on any atom is -0.458 e. The summed E-state index contributed by atoms with van der Waals surface area (Å²) >= 11 is 1.82. The second-order valence-electron chi connectivity index (χ2n) is 7.78. The van der Waals surface area contributed by atoms with E-state index in [2.05, 4.69) is 5.32 Å². The summed E-state index contributed by atoms with van der Waals surface area (Å²) in [6.07, 6.45) is 0.0836. The number of hydrogen-bond donors (Lipinski definition) is 1. The van der Waals surface area contributed by atoms with Crippen molar-refractivity contribution in [2.24, 2.45) is 5.92 Å². The molecule has 2 unspecified atom stereocenters. The second kappa shape index (κ2) is 5.07. The Morgan fingerprint density at radius 2 is 1.62 bits per heavy atom. The first-order chi connectivity index (χ1) is 9.43. The normalized spacial score (nSPS) is 31.3. The van der Waals surface area contributed by atoms with Gasteiger partial charge in [-0.1, -0.05) is 0 Å². The molecule has 1 aliphatic carbocycles. The summed E-state index contributed by atoms with van der Waals surface area (Å²) in [6.45, 7) is 10.9. The van der Waals surface area contributed by atoms with Crippen LogP contribution in [-0.4, -0.2) is 39.8 Å². The van der Waals surface area contributed by atoms with Crippen LogP contribution >= 0.6 is 11.8 Å². The van der Waals surface area contributed by atoms with Gasteiger partial charge in [0, 0.05) is 16.9 Å². The molecule has 0 aromatic rings. The van der Waals surface area contributed by atoms with E-state index in [1.807, 2.05) is 32.5 Å². The largest absolute Gasteiger partial charge is 0.458 e. The number of carbonyl (C=O) groups excluding carboxylic acids is 2. The molecule has 1 aliphatic heterocycles. The van der Waals surface area contributed by atoms with E-state index in [4.69, 9.17) is 9.47 Å². The molecule has 2 fully saturated rings. The Balaban J connectivity index is 2.05. The van der Waals surface area contributed by atoms with Gasteiger partial charge in [-0.2, -0.15) is 11.8 Å². The SMILES string of the molecule is CC(C)(C)OC(=O)NC1(C(=O)OC(C)(C)C)C[C@H]1C1CS1. The molecule has 1 saturated carbocycles. The first kappa shape index (κ1) is 16.5. The third kappa shape index (κ3) is 4.28. The number of amides is 1. The molecule has 1 amide bonds. The van der Waals surface area contributed by atoms with E-state index < -0.39 is 22.8 Å². The van der Waals surface area contributed by atoms with Gasteiger partial charge in [0.2, 0.25) is 0 Å². The molecule has 0 spiro atoms. The average Bonchev–Trinajstić information content (AvgIpc) is 3.03. The number of esters is 1. The predicted octanol–water partition coefficient (Wildman–Crippen LogP) is 2.73. The van der Waals surface area contributed by atoms with Gasteiger partial charge in [0.25, 0.3) is 0 Å². The van der Waals surface area contributed by atoms with Gasteiger partial charge in [-0.15, -0.1) is 0 Å². The van der Waals surface area contributed by atoms with Gasteiger partial charge in [0.05, 0.1) is 0 Å². The fraction of sp³-hybridized carbons (Fsp3) is 0.867. The van der Waals surface area contributed by atoms with E-state index in [9.17, 15) is 9.59 Å². The van der Waals surface area contributed by atoms with Gasteiger partial charge in [-0.25, -0.2) is 9.59 Å². The maximum atomic E-state index is 12.5. The van der Waals surface area contributed by atoms with Crippen molar-refractivity contribution in [1.29, 1.82) is 0 Å².